The molecule has 1 fully saturated rings. The standard InChI is InChI=1S/C15H17ClN2/c1-17-8-10-18(11-9-17)15-7-3-4-12-13(15)5-2-6-14(12)16/h2-7H,8-11H2,1H3. The second-order valence-electron chi connectivity index (χ2n) is 4.90. The Balaban J connectivity index is 2.04. The van der Waals surface area contributed by atoms with Crippen LogP contribution in [0.2, 0.25) is 5.02 Å². The molecule has 0 saturated carbocycles. The van der Waals surface area contributed by atoms with Crippen molar-refractivity contribution in [2.45, 2.75) is 0 Å². The summed E-state index contributed by atoms with van der Waals surface area (Å²) in [6.07, 6.45) is 0. The van der Waals surface area contributed by atoms with Gasteiger partial charge < -0.3 is 9.80 Å². The molecule has 94 valence electrons. The highest BCUT2D eigenvalue weighted by molar-refractivity contribution is 6.35. The number of nitrogens with zero attached hydrogens (tertiary/aromatic N) is 2. The van der Waals surface area contributed by atoms with Gasteiger partial charge in [-0.15, -0.1) is 0 Å². The van der Waals surface area contributed by atoms with Crippen LogP contribution in [-0.2, 0) is 0 Å². The van der Waals surface area contributed by atoms with Crippen LogP contribution in [0, 0.1) is 0 Å². The Hall–Kier alpha value is -1.25. The van der Waals surface area contributed by atoms with Crippen molar-refractivity contribution < 1.29 is 0 Å². The van der Waals surface area contributed by atoms with E-state index in [0.717, 1.165) is 36.6 Å². The average Bonchev–Trinajstić information content (AvgIpc) is 2.40. The summed E-state index contributed by atoms with van der Waals surface area (Å²) < 4.78 is 0. The number of benzene rings is 2. The van der Waals surface area contributed by atoms with Gasteiger partial charge in [0, 0.05) is 47.7 Å². The van der Waals surface area contributed by atoms with Gasteiger partial charge in [0.25, 0.3) is 0 Å². The van der Waals surface area contributed by atoms with Crippen LogP contribution in [0.1, 0.15) is 0 Å². The second-order valence-corrected chi connectivity index (χ2v) is 5.31. The Kier molecular flexibility index (Phi) is 3.14. The maximum atomic E-state index is 6.26. The summed E-state index contributed by atoms with van der Waals surface area (Å²) in [7, 11) is 2.18. The number of fused-ring (bicyclic) bond motifs is 1. The first-order valence-electron chi connectivity index (χ1n) is 6.36. The van der Waals surface area contributed by atoms with Crippen LogP contribution >= 0.6 is 11.6 Å². The minimum atomic E-state index is 0.837. The lowest BCUT2D eigenvalue weighted by Gasteiger charge is -2.34. The lowest BCUT2D eigenvalue weighted by atomic mass is 10.1. The molecule has 0 N–H and O–H groups in total. The lowest BCUT2D eigenvalue weighted by Crippen LogP contribution is -2.44. The minimum absolute atomic E-state index is 0.837. The topological polar surface area (TPSA) is 6.48 Å². The molecule has 1 aliphatic rings. The van der Waals surface area contributed by atoms with E-state index >= 15 is 0 Å². The summed E-state index contributed by atoms with van der Waals surface area (Å²) in [6.45, 7) is 4.41. The molecule has 0 atom stereocenters. The van der Waals surface area contributed by atoms with E-state index in [2.05, 4.69) is 41.1 Å². The minimum Gasteiger partial charge on any atom is -0.368 e. The van der Waals surface area contributed by atoms with Gasteiger partial charge in [0.1, 0.15) is 0 Å². The molecule has 18 heavy (non-hydrogen) atoms. The number of likely N-dealkylation sites (N-methyl/N-ethyl adjacent to an activating group) is 1. The van der Waals surface area contributed by atoms with Gasteiger partial charge >= 0.3 is 0 Å². The normalized spacial score (nSPS) is 17.3. The molecule has 2 aromatic carbocycles. The Labute approximate surface area is 113 Å². The van der Waals surface area contributed by atoms with Gasteiger partial charge in [0.05, 0.1) is 0 Å². The molecule has 0 bridgehead atoms. The zero-order chi connectivity index (χ0) is 12.5. The van der Waals surface area contributed by atoms with Crippen molar-refractivity contribution in [3.8, 4) is 0 Å². The summed E-state index contributed by atoms with van der Waals surface area (Å²) in [5.74, 6) is 0. The Morgan fingerprint density at radius 3 is 2.33 bits per heavy atom. The highest BCUT2D eigenvalue weighted by Crippen LogP contribution is 2.31. The molecule has 0 unspecified atom stereocenters. The van der Waals surface area contributed by atoms with Crippen LogP contribution in [0.4, 0.5) is 5.69 Å². The van der Waals surface area contributed by atoms with Crippen LogP contribution in [-0.4, -0.2) is 38.1 Å². The summed E-state index contributed by atoms with van der Waals surface area (Å²) >= 11 is 6.26. The van der Waals surface area contributed by atoms with Crippen molar-refractivity contribution in [3.05, 3.63) is 41.4 Å². The quantitative estimate of drug-likeness (QED) is 0.777. The van der Waals surface area contributed by atoms with E-state index in [1.165, 1.54) is 11.1 Å². The molecule has 1 saturated heterocycles. The van der Waals surface area contributed by atoms with E-state index in [1.54, 1.807) is 0 Å². The van der Waals surface area contributed by atoms with Crippen LogP contribution in [0.3, 0.4) is 0 Å². The number of hydrogen-bond donors (Lipinski definition) is 0. The van der Waals surface area contributed by atoms with Crippen molar-refractivity contribution in [2.75, 3.05) is 38.1 Å². The predicted molar refractivity (Wildman–Crippen MR) is 78.7 cm³/mol. The van der Waals surface area contributed by atoms with Crippen molar-refractivity contribution in [2.24, 2.45) is 0 Å². The molecule has 2 aromatic rings. The number of piperazine rings is 1. The number of halogens is 1. The van der Waals surface area contributed by atoms with Crippen molar-refractivity contribution >= 4 is 28.1 Å². The zero-order valence-corrected chi connectivity index (χ0v) is 11.3. The number of anilines is 1. The molecule has 0 aliphatic carbocycles. The fourth-order valence-electron chi connectivity index (χ4n) is 2.58. The molecule has 0 amide bonds. The Morgan fingerprint density at radius 1 is 0.889 bits per heavy atom. The van der Waals surface area contributed by atoms with E-state index in [9.17, 15) is 0 Å². The van der Waals surface area contributed by atoms with Crippen LogP contribution in [0.15, 0.2) is 36.4 Å². The molecule has 2 nitrogen and oxygen atoms in total. The third-order valence-electron chi connectivity index (χ3n) is 3.69. The van der Waals surface area contributed by atoms with Crippen LogP contribution in [0.5, 0.6) is 0 Å². The van der Waals surface area contributed by atoms with Gasteiger partial charge in [-0.3, -0.25) is 0 Å². The summed E-state index contributed by atoms with van der Waals surface area (Å²) in [6, 6.07) is 12.5. The molecule has 0 radical (unpaired) electrons. The van der Waals surface area contributed by atoms with Gasteiger partial charge in [-0.2, -0.15) is 0 Å². The molecular weight excluding hydrogens is 244 g/mol. The second kappa shape index (κ2) is 4.79. The average molecular weight is 261 g/mol. The van der Waals surface area contributed by atoms with Gasteiger partial charge in [0.2, 0.25) is 0 Å². The lowest BCUT2D eigenvalue weighted by molar-refractivity contribution is 0.313. The van der Waals surface area contributed by atoms with E-state index in [4.69, 9.17) is 11.6 Å². The Bertz CT molecular complexity index is 559. The third-order valence-corrected chi connectivity index (χ3v) is 4.02. The van der Waals surface area contributed by atoms with E-state index in [0.29, 0.717) is 0 Å². The van der Waals surface area contributed by atoms with Crippen molar-refractivity contribution in [3.63, 3.8) is 0 Å². The summed E-state index contributed by atoms with van der Waals surface area (Å²) in [4.78, 5) is 4.83. The van der Waals surface area contributed by atoms with Gasteiger partial charge in [-0.05, 0) is 19.2 Å². The van der Waals surface area contributed by atoms with Crippen molar-refractivity contribution in [1.29, 1.82) is 0 Å². The number of hydrogen-bond acceptors (Lipinski definition) is 2. The molecule has 3 rings (SSSR count). The van der Waals surface area contributed by atoms with E-state index in [1.807, 2.05) is 12.1 Å². The van der Waals surface area contributed by atoms with E-state index < -0.39 is 0 Å². The fraction of sp³-hybridized carbons (Fsp3) is 0.333. The molecular formula is C15H17ClN2. The molecule has 0 spiro atoms. The van der Waals surface area contributed by atoms with Crippen LogP contribution in [0.25, 0.3) is 10.8 Å². The largest absolute Gasteiger partial charge is 0.368 e. The highest BCUT2D eigenvalue weighted by atomic mass is 35.5. The van der Waals surface area contributed by atoms with Crippen LogP contribution < -0.4 is 4.90 Å². The molecule has 3 heteroatoms. The van der Waals surface area contributed by atoms with Crippen molar-refractivity contribution in [1.82, 2.24) is 4.90 Å². The zero-order valence-electron chi connectivity index (χ0n) is 10.6. The Morgan fingerprint density at radius 2 is 1.56 bits per heavy atom. The maximum absolute atomic E-state index is 6.26. The number of rotatable bonds is 1. The summed E-state index contributed by atoms with van der Waals surface area (Å²) in [5.41, 5.74) is 1.31. The highest BCUT2D eigenvalue weighted by Gasteiger charge is 2.16. The first-order valence-corrected chi connectivity index (χ1v) is 6.74. The van der Waals surface area contributed by atoms with Gasteiger partial charge in [-0.25, -0.2) is 0 Å². The third kappa shape index (κ3) is 2.06. The molecule has 0 aromatic heterocycles. The first-order chi connectivity index (χ1) is 8.75. The monoisotopic (exact) mass is 260 g/mol. The van der Waals surface area contributed by atoms with Gasteiger partial charge in [-0.1, -0.05) is 35.9 Å². The first kappa shape index (κ1) is 11.8. The SMILES string of the molecule is CN1CCN(c2cccc3c(Cl)cccc23)CC1. The predicted octanol–water partition coefficient (Wildman–Crippen LogP) is 3.25. The van der Waals surface area contributed by atoms with E-state index in [-0.39, 0.29) is 0 Å². The molecule has 1 heterocycles. The van der Waals surface area contributed by atoms with Gasteiger partial charge in [0.15, 0.2) is 0 Å². The molecule has 1 aliphatic heterocycles. The fourth-order valence-corrected chi connectivity index (χ4v) is 2.82. The maximum Gasteiger partial charge on any atom is 0.0485 e. The summed E-state index contributed by atoms with van der Waals surface area (Å²) in [5, 5.41) is 3.24. The smallest absolute Gasteiger partial charge is 0.0485 e.